The molecule has 42 heavy (non-hydrogen) atoms. The Hall–Kier alpha value is -5.26. The molecule has 0 aliphatic carbocycles. The number of aryl methyl sites for hydroxylation is 1. The number of carbonyl (C=O) groups excluding carboxylic acids is 1. The van der Waals surface area contributed by atoms with Crippen LogP contribution in [-0.2, 0) is 4.79 Å². The summed E-state index contributed by atoms with van der Waals surface area (Å²) in [4.78, 5) is 35.0. The van der Waals surface area contributed by atoms with Crippen molar-refractivity contribution in [3.63, 3.8) is 0 Å². The third-order valence-corrected chi connectivity index (χ3v) is 7.47. The van der Waals surface area contributed by atoms with Gasteiger partial charge in [0.15, 0.2) is 23.0 Å². The highest BCUT2D eigenvalue weighted by molar-refractivity contribution is 5.90. The van der Waals surface area contributed by atoms with Gasteiger partial charge in [0, 0.05) is 43.7 Å². The fourth-order valence-corrected chi connectivity index (χ4v) is 5.33. The van der Waals surface area contributed by atoms with Gasteiger partial charge < -0.3 is 24.6 Å². The molecule has 0 radical (unpaired) electrons. The number of carbonyl (C=O) groups is 1. The first-order valence-corrected chi connectivity index (χ1v) is 13.9. The number of benzene rings is 1. The SMILES string of the molecule is CC/C=C/C(=O)N1CCN2CC1COc1cc3ncnc(Nc4ccc(Oc5ccn6ncnc6c5)c(C)c4)c3nc12. The van der Waals surface area contributed by atoms with Crippen LogP contribution in [0.3, 0.4) is 0 Å². The largest absolute Gasteiger partial charge is 0.487 e. The van der Waals surface area contributed by atoms with Gasteiger partial charge in [-0.25, -0.2) is 24.5 Å². The Balaban J connectivity index is 1.13. The summed E-state index contributed by atoms with van der Waals surface area (Å²) in [6.45, 7) is 6.33. The second-order valence-electron chi connectivity index (χ2n) is 10.3. The van der Waals surface area contributed by atoms with Gasteiger partial charge in [-0.15, -0.1) is 0 Å². The van der Waals surface area contributed by atoms with Crippen LogP contribution in [0.4, 0.5) is 17.3 Å². The van der Waals surface area contributed by atoms with Gasteiger partial charge in [0.2, 0.25) is 5.91 Å². The number of nitrogens with one attached hydrogen (secondary N) is 1. The maximum atomic E-state index is 12.7. The summed E-state index contributed by atoms with van der Waals surface area (Å²) in [5, 5.41) is 7.53. The minimum absolute atomic E-state index is 0.0228. The van der Waals surface area contributed by atoms with Crippen molar-refractivity contribution < 1.29 is 14.3 Å². The van der Waals surface area contributed by atoms with E-state index in [1.54, 1.807) is 10.6 Å². The average molecular weight is 564 g/mol. The zero-order valence-corrected chi connectivity index (χ0v) is 23.3. The third kappa shape index (κ3) is 4.80. The molecule has 1 amide bonds. The molecule has 12 heteroatoms. The Labute approximate surface area is 241 Å². The standard InChI is InChI=1S/C30H29N9O3/c1-3-4-5-27(40)38-11-10-37-15-21(38)16-41-25-14-23-28(36-30(25)37)29(33-17-31-23)35-20-6-7-24(19(2)12-20)42-22-8-9-39-26(13-22)32-18-34-39/h4-9,12-14,17-18,21H,3,10-11,15-16H2,1-2H3,(H,31,33,35)/b5-4+. The molecule has 12 nitrogen and oxygen atoms in total. The van der Waals surface area contributed by atoms with Crippen LogP contribution in [0.1, 0.15) is 18.9 Å². The number of fused-ring (bicyclic) bond motifs is 6. The van der Waals surface area contributed by atoms with E-state index in [-0.39, 0.29) is 11.9 Å². The molecule has 1 saturated heterocycles. The van der Waals surface area contributed by atoms with E-state index in [9.17, 15) is 4.79 Å². The first kappa shape index (κ1) is 25.7. The predicted octanol–water partition coefficient (Wildman–Crippen LogP) is 4.29. The number of hydrogen-bond donors (Lipinski definition) is 1. The Morgan fingerprint density at radius 1 is 1.14 bits per heavy atom. The average Bonchev–Trinajstić information content (AvgIpc) is 3.43. The molecule has 0 spiro atoms. The molecule has 1 aromatic carbocycles. The second kappa shape index (κ2) is 10.6. The van der Waals surface area contributed by atoms with Crippen molar-refractivity contribution in [3.8, 4) is 17.2 Å². The lowest BCUT2D eigenvalue weighted by Crippen LogP contribution is -2.56. The number of anilines is 3. The Kier molecular flexibility index (Phi) is 6.49. The molecule has 1 fully saturated rings. The van der Waals surface area contributed by atoms with Gasteiger partial charge in [-0.05, 0) is 49.2 Å². The maximum Gasteiger partial charge on any atom is 0.246 e. The van der Waals surface area contributed by atoms with E-state index in [0.717, 1.165) is 29.2 Å². The highest BCUT2D eigenvalue weighted by Gasteiger charge is 2.35. The lowest BCUT2D eigenvalue weighted by molar-refractivity contribution is -0.129. The summed E-state index contributed by atoms with van der Waals surface area (Å²) in [6.07, 6.45) is 9.21. The molecule has 2 bridgehead atoms. The van der Waals surface area contributed by atoms with Crippen LogP contribution in [0.5, 0.6) is 17.2 Å². The topological polar surface area (TPSA) is 123 Å². The van der Waals surface area contributed by atoms with Crippen molar-refractivity contribution >= 4 is 39.9 Å². The van der Waals surface area contributed by atoms with Crippen LogP contribution < -0.4 is 19.7 Å². The molecule has 4 aromatic heterocycles. The molecule has 2 aliphatic heterocycles. The fraction of sp³-hybridized carbons (Fsp3) is 0.267. The van der Waals surface area contributed by atoms with Gasteiger partial charge in [-0.3, -0.25) is 4.79 Å². The molecule has 1 unspecified atom stereocenters. The molecule has 2 aliphatic rings. The highest BCUT2D eigenvalue weighted by Crippen LogP contribution is 2.36. The lowest BCUT2D eigenvalue weighted by Gasteiger charge is -2.39. The minimum atomic E-state index is -0.0595. The number of amides is 1. The summed E-state index contributed by atoms with van der Waals surface area (Å²) in [6, 6.07) is 11.4. The third-order valence-electron chi connectivity index (χ3n) is 7.47. The summed E-state index contributed by atoms with van der Waals surface area (Å²) in [5.74, 6) is 3.42. The Bertz CT molecular complexity index is 1840. The van der Waals surface area contributed by atoms with Crippen LogP contribution >= 0.6 is 0 Å². The molecule has 6 heterocycles. The van der Waals surface area contributed by atoms with Crippen LogP contribution in [0.2, 0.25) is 0 Å². The van der Waals surface area contributed by atoms with Gasteiger partial charge in [-0.2, -0.15) is 5.10 Å². The number of hydrogen-bond acceptors (Lipinski definition) is 10. The van der Waals surface area contributed by atoms with Crippen LogP contribution in [0.15, 0.2) is 67.4 Å². The Morgan fingerprint density at radius 3 is 2.95 bits per heavy atom. The number of nitrogens with zero attached hydrogens (tertiary/aromatic N) is 8. The first-order valence-electron chi connectivity index (χ1n) is 13.9. The van der Waals surface area contributed by atoms with Gasteiger partial charge in [0.05, 0.1) is 11.6 Å². The number of allylic oxidation sites excluding steroid dienone is 1. The molecule has 212 valence electrons. The van der Waals surface area contributed by atoms with E-state index in [4.69, 9.17) is 14.5 Å². The number of pyridine rings is 2. The quantitative estimate of drug-likeness (QED) is 0.299. The monoisotopic (exact) mass is 563 g/mol. The summed E-state index contributed by atoms with van der Waals surface area (Å²) in [7, 11) is 0. The van der Waals surface area contributed by atoms with Gasteiger partial charge in [-0.1, -0.05) is 13.0 Å². The smallest absolute Gasteiger partial charge is 0.246 e. The molecule has 1 N–H and O–H groups in total. The lowest BCUT2D eigenvalue weighted by atomic mass is 10.1. The zero-order chi connectivity index (χ0) is 28.6. The van der Waals surface area contributed by atoms with E-state index in [1.807, 2.05) is 67.4 Å². The molecule has 0 saturated carbocycles. The molecular weight excluding hydrogens is 534 g/mol. The number of rotatable bonds is 6. The van der Waals surface area contributed by atoms with E-state index in [0.29, 0.717) is 60.2 Å². The number of aromatic nitrogens is 6. The fourth-order valence-electron chi connectivity index (χ4n) is 5.33. The Morgan fingerprint density at radius 2 is 2.07 bits per heavy atom. The summed E-state index contributed by atoms with van der Waals surface area (Å²) >= 11 is 0. The van der Waals surface area contributed by atoms with E-state index < -0.39 is 0 Å². The predicted molar refractivity (Wildman–Crippen MR) is 157 cm³/mol. The van der Waals surface area contributed by atoms with Crippen molar-refractivity contribution in [2.75, 3.05) is 36.5 Å². The first-order chi connectivity index (χ1) is 20.6. The second-order valence-corrected chi connectivity index (χ2v) is 10.3. The zero-order valence-electron chi connectivity index (χ0n) is 23.3. The van der Waals surface area contributed by atoms with Crippen LogP contribution in [0.25, 0.3) is 16.7 Å². The van der Waals surface area contributed by atoms with Crippen molar-refractivity contribution in [2.45, 2.75) is 26.3 Å². The van der Waals surface area contributed by atoms with Gasteiger partial charge in [0.1, 0.15) is 36.3 Å². The van der Waals surface area contributed by atoms with Gasteiger partial charge >= 0.3 is 0 Å². The number of piperazine rings is 1. The molecule has 7 rings (SSSR count). The van der Waals surface area contributed by atoms with Crippen molar-refractivity contribution in [1.29, 1.82) is 0 Å². The maximum absolute atomic E-state index is 12.7. The van der Waals surface area contributed by atoms with Crippen molar-refractivity contribution in [2.24, 2.45) is 0 Å². The normalized spacial score (nSPS) is 16.4. The van der Waals surface area contributed by atoms with Gasteiger partial charge in [0.25, 0.3) is 0 Å². The van der Waals surface area contributed by atoms with E-state index in [2.05, 4.69) is 30.3 Å². The van der Waals surface area contributed by atoms with E-state index in [1.165, 1.54) is 12.7 Å². The van der Waals surface area contributed by atoms with Crippen LogP contribution in [-0.4, -0.2) is 72.6 Å². The summed E-state index contributed by atoms with van der Waals surface area (Å²) < 4.78 is 14.0. The summed E-state index contributed by atoms with van der Waals surface area (Å²) in [5.41, 5.74) is 3.81. The minimum Gasteiger partial charge on any atom is -0.487 e. The molecule has 5 aromatic rings. The molecule has 1 atom stereocenters. The van der Waals surface area contributed by atoms with Crippen LogP contribution in [0, 0.1) is 6.92 Å². The van der Waals surface area contributed by atoms with E-state index >= 15 is 0 Å². The molecular formula is C30H29N9O3. The van der Waals surface area contributed by atoms with Crippen molar-refractivity contribution in [1.82, 2.24) is 34.4 Å². The number of ether oxygens (including phenoxy) is 2. The van der Waals surface area contributed by atoms with Crippen molar-refractivity contribution in [3.05, 3.63) is 73.0 Å². The highest BCUT2D eigenvalue weighted by atomic mass is 16.5.